The van der Waals surface area contributed by atoms with Gasteiger partial charge >= 0.3 is 6.03 Å². The van der Waals surface area contributed by atoms with Gasteiger partial charge in [-0.1, -0.05) is 18.2 Å². The van der Waals surface area contributed by atoms with E-state index in [1.807, 2.05) is 13.0 Å². The number of urea groups is 1. The van der Waals surface area contributed by atoms with Gasteiger partial charge in [-0.2, -0.15) is 5.26 Å². The molecule has 0 aliphatic rings. The number of rotatable bonds is 6. The largest absolute Gasteiger partial charge is 0.489 e. The van der Waals surface area contributed by atoms with E-state index in [2.05, 4.69) is 5.32 Å². The van der Waals surface area contributed by atoms with Crippen molar-refractivity contribution >= 4 is 11.7 Å². The van der Waals surface area contributed by atoms with Gasteiger partial charge in [0.1, 0.15) is 18.2 Å². The highest BCUT2D eigenvalue weighted by atomic mass is 19.1. The van der Waals surface area contributed by atoms with Gasteiger partial charge in [0.05, 0.1) is 12.5 Å². The van der Waals surface area contributed by atoms with Crippen LogP contribution in [0, 0.1) is 17.1 Å². The minimum absolute atomic E-state index is 0.178. The number of benzene rings is 2. The first-order chi connectivity index (χ1) is 12.0. The monoisotopic (exact) mass is 341 g/mol. The predicted molar refractivity (Wildman–Crippen MR) is 93.6 cm³/mol. The fourth-order valence-electron chi connectivity index (χ4n) is 2.09. The number of carbonyl (C=O) groups excluding carboxylic acids is 1. The van der Waals surface area contributed by atoms with Gasteiger partial charge in [0.2, 0.25) is 0 Å². The van der Waals surface area contributed by atoms with Crippen molar-refractivity contribution in [1.29, 1.82) is 5.26 Å². The Kier molecular flexibility index (Phi) is 6.35. The molecule has 0 bridgehead atoms. The summed E-state index contributed by atoms with van der Waals surface area (Å²) in [6.07, 6.45) is 0.269. The highest BCUT2D eigenvalue weighted by molar-refractivity contribution is 5.89. The van der Waals surface area contributed by atoms with Gasteiger partial charge in [-0.05, 0) is 36.8 Å². The summed E-state index contributed by atoms with van der Waals surface area (Å²) in [4.78, 5) is 13.7. The maximum Gasteiger partial charge on any atom is 0.321 e. The molecule has 0 fully saturated rings. The van der Waals surface area contributed by atoms with Crippen molar-refractivity contribution in [3.8, 4) is 11.8 Å². The molecular weight excluding hydrogens is 321 g/mol. The van der Waals surface area contributed by atoms with Crippen LogP contribution in [0.1, 0.15) is 18.9 Å². The van der Waals surface area contributed by atoms with E-state index < -0.39 is 0 Å². The van der Waals surface area contributed by atoms with Crippen molar-refractivity contribution in [3.63, 3.8) is 0 Å². The zero-order chi connectivity index (χ0) is 18.2. The Balaban J connectivity index is 1.95. The smallest absolute Gasteiger partial charge is 0.321 e. The summed E-state index contributed by atoms with van der Waals surface area (Å²) in [5, 5.41) is 11.5. The van der Waals surface area contributed by atoms with E-state index in [0.717, 1.165) is 5.56 Å². The molecule has 0 heterocycles. The van der Waals surface area contributed by atoms with Gasteiger partial charge < -0.3 is 15.0 Å². The third kappa shape index (κ3) is 5.50. The first kappa shape index (κ1) is 18.3. The van der Waals surface area contributed by atoms with Crippen LogP contribution in [0.3, 0.4) is 0 Å². The molecule has 0 saturated carbocycles. The van der Waals surface area contributed by atoms with Crippen LogP contribution in [0.2, 0.25) is 0 Å². The zero-order valence-corrected chi connectivity index (χ0v) is 14.2. The average molecular weight is 341 g/mol. The fraction of sp³-hybridized carbons (Fsp3) is 0.263. The second kappa shape index (κ2) is 8.69. The summed E-state index contributed by atoms with van der Waals surface area (Å²) in [6, 6.07) is 14.7. The lowest BCUT2D eigenvalue weighted by molar-refractivity contribution is 0.208. The van der Waals surface area contributed by atoms with Gasteiger partial charge in [-0.25, -0.2) is 9.18 Å². The van der Waals surface area contributed by atoms with Gasteiger partial charge in [0.25, 0.3) is 0 Å². The quantitative estimate of drug-likeness (QED) is 0.857. The SMILES string of the molecule is C[C@H](CC#N)N(C)C(=O)Nc1cccc(OCc2ccc(F)cc2)c1. The highest BCUT2D eigenvalue weighted by Gasteiger charge is 2.15. The molecular formula is C19H20FN3O2. The second-order valence-electron chi connectivity index (χ2n) is 5.70. The van der Waals surface area contributed by atoms with E-state index in [-0.39, 0.29) is 24.3 Å². The molecule has 2 amide bonds. The minimum atomic E-state index is -0.293. The molecule has 0 aliphatic carbocycles. The molecule has 25 heavy (non-hydrogen) atoms. The predicted octanol–water partition coefficient (Wildman–Crippen LogP) is 4.17. The molecule has 0 radical (unpaired) electrons. The number of amides is 2. The van der Waals surface area contributed by atoms with Crippen LogP contribution in [0.5, 0.6) is 5.75 Å². The first-order valence-corrected chi connectivity index (χ1v) is 7.87. The van der Waals surface area contributed by atoms with Crippen molar-refractivity contribution in [1.82, 2.24) is 4.90 Å². The molecule has 0 aliphatic heterocycles. The maximum atomic E-state index is 12.9. The van der Waals surface area contributed by atoms with Gasteiger partial charge in [-0.3, -0.25) is 0 Å². The summed E-state index contributed by atoms with van der Waals surface area (Å²) in [5.41, 5.74) is 1.44. The summed E-state index contributed by atoms with van der Waals surface area (Å²) in [5.74, 6) is 0.304. The number of nitrogens with one attached hydrogen (secondary N) is 1. The molecule has 0 aromatic heterocycles. The Morgan fingerprint density at radius 2 is 2.04 bits per heavy atom. The molecule has 2 aromatic rings. The molecule has 2 aromatic carbocycles. The average Bonchev–Trinajstić information content (AvgIpc) is 2.61. The van der Waals surface area contributed by atoms with Crippen LogP contribution >= 0.6 is 0 Å². The molecule has 1 atom stereocenters. The Labute approximate surface area is 146 Å². The number of ether oxygens (including phenoxy) is 1. The molecule has 1 N–H and O–H groups in total. The van der Waals surface area contributed by atoms with Crippen molar-refractivity contribution in [2.24, 2.45) is 0 Å². The number of nitrogens with zero attached hydrogens (tertiary/aromatic N) is 2. The highest BCUT2D eigenvalue weighted by Crippen LogP contribution is 2.19. The summed E-state index contributed by atoms with van der Waals surface area (Å²) >= 11 is 0. The lowest BCUT2D eigenvalue weighted by atomic mass is 10.2. The van der Waals surface area contributed by atoms with E-state index in [0.29, 0.717) is 18.0 Å². The van der Waals surface area contributed by atoms with Crippen LogP contribution in [-0.4, -0.2) is 24.0 Å². The van der Waals surface area contributed by atoms with E-state index in [9.17, 15) is 9.18 Å². The second-order valence-corrected chi connectivity index (χ2v) is 5.70. The molecule has 130 valence electrons. The summed E-state index contributed by atoms with van der Waals surface area (Å²) in [6.45, 7) is 2.11. The molecule has 0 spiro atoms. The van der Waals surface area contributed by atoms with Gasteiger partial charge in [-0.15, -0.1) is 0 Å². The summed E-state index contributed by atoms with van der Waals surface area (Å²) < 4.78 is 18.6. The topological polar surface area (TPSA) is 65.4 Å². The van der Waals surface area contributed by atoms with E-state index in [1.54, 1.807) is 43.4 Å². The Morgan fingerprint density at radius 3 is 2.72 bits per heavy atom. The van der Waals surface area contributed by atoms with Crippen LogP contribution in [-0.2, 0) is 6.61 Å². The van der Waals surface area contributed by atoms with Gasteiger partial charge in [0.15, 0.2) is 0 Å². The summed E-state index contributed by atoms with van der Waals surface area (Å²) in [7, 11) is 1.65. The number of carbonyl (C=O) groups is 1. The molecule has 0 unspecified atom stereocenters. The third-order valence-corrected chi connectivity index (χ3v) is 3.77. The zero-order valence-electron chi connectivity index (χ0n) is 14.2. The maximum absolute atomic E-state index is 12.9. The van der Waals surface area contributed by atoms with Crippen LogP contribution < -0.4 is 10.1 Å². The lowest BCUT2D eigenvalue weighted by Crippen LogP contribution is -2.38. The lowest BCUT2D eigenvalue weighted by Gasteiger charge is -2.23. The normalized spacial score (nSPS) is 11.3. The molecule has 2 rings (SSSR count). The molecule has 6 heteroatoms. The first-order valence-electron chi connectivity index (χ1n) is 7.87. The van der Waals surface area contributed by atoms with Crippen LogP contribution in [0.25, 0.3) is 0 Å². The van der Waals surface area contributed by atoms with E-state index in [1.165, 1.54) is 17.0 Å². The standard InChI is InChI=1S/C19H20FN3O2/c1-14(10-11-21)23(2)19(24)22-17-4-3-5-18(12-17)25-13-15-6-8-16(20)9-7-15/h3-9,12,14H,10,13H2,1-2H3,(H,22,24)/t14-/m1/s1. The Hall–Kier alpha value is -3.07. The van der Waals surface area contributed by atoms with Crippen molar-refractivity contribution < 1.29 is 13.9 Å². The molecule has 0 saturated heterocycles. The number of hydrogen-bond acceptors (Lipinski definition) is 3. The number of hydrogen-bond donors (Lipinski definition) is 1. The third-order valence-electron chi connectivity index (χ3n) is 3.77. The van der Waals surface area contributed by atoms with Crippen LogP contribution in [0.15, 0.2) is 48.5 Å². The number of halogens is 1. The van der Waals surface area contributed by atoms with E-state index >= 15 is 0 Å². The number of anilines is 1. The Bertz CT molecular complexity index is 756. The van der Waals surface area contributed by atoms with Crippen LogP contribution in [0.4, 0.5) is 14.9 Å². The minimum Gasteiger partial charge on any atom is -0.489 e. The Morgan fingerprint density at radius 1 is 1.32 bits per heavy atom. The number of nitriles is 1. The van der Waals surface area contributed by atoms with Crippen molar-refractivity contribution in [2.75, 3.05) is 12.4 Å². The fourth-order valence-corrected chi connectivity index (χ4v) is 2.09. The van der Waals surface area contributed by atoms with E-state index in [4.69, 9.17) is 10.00 Å². The van der Waals surface area contributed by atoms with Crippen molar-refractivity contribution in [3.05, 3.63) is 59.9 Å². The molecule has 5 nitrogen and oxygen atoms in total. The van der Waals surface area contributed by atoms with Gasteiger partial charge in [0, 0.05) is 24.8 Å². The van der Waals surface area contributed by atoms with Crippen molar-refractivity contribution in [2.45, 2.75) is 26.0 Å².